The molecule has 0 aliphatic rings. The maximum atomic E-state index is 12.9. The Bertz CT molecular complexity index is 386. The van der Waals surface area contributed by atoms with Gasteiger partial charge in [0, 0.05) is 18.3 Å². The molecular formula is C9H11FN2O4. The molecule has 1 atom stereocenters. The SMILES string of the molecule is O=[N+]([O-])c1cc(F)cc(NCC(O)CO)c1. The van der Waals surface area contributed by atoms with Crippen LogP contribution in [0.5, 0.6) is 0 Å². The first-order valence-electron chi connectivity index (χ1n) is 4.50. The Labute approximate surface area is 90.5 Å². The van der Waals surface area contributed by atoms with Gasteiger partial charge in [0.25, 0.3) is 5.69 Å². The second-order valence-electron chi connectivity index (χ2n) is 3.17. The highest BCUT2D eigenvalue weighted by Gasteiger charge is 2.10. The second kappa shape index (κ2) is 5.38. The number of benzene rings is 1. The molecule has 0 aliphatic heterocycles. The Hall–Kier alpha value is -1.73. The lowest BCUT2D eigenvalue weighted by Crippen LogP contribution is -2.22. The molecule has 0 fully saturated rings. The van der Waals surface area contributed by atoms with Crippen molar-refractivity contribution in [2.24, 2.45) is 0 Å². The monoisotopic (exact) mass is 230 g/mol. The van der Waals surface area contributed by atoms with Crippen LogP contribution in [0.3, 0.4) is 0 Å². The van der Waals surface area contributed by atoms with E-state index in [1.54, 1.807) is 0 Å². The predicted octanol–water partition coefficient (Wildman–Crippen LogP) is 0.499. The molecule has 6 nitrogen and oxygen atoms in total. The summed E-state index contributed by atoms with van der Waals surface area (Å²) in [6.45, 7) is -0.457. The molecule has 0 amide bonds. The van der Waals surface area contributed by atoms with Crippen molar-refractivity contribution in [3.63, 3.8) is 0 Å². The van der Waals surface area contributed by atoms with Crippen LogP contribution in [-0.4, -0.2) is 34.4 Å². The fraction of sp³-hybridized carbons (Fsp3) is 0.333. The molecule has 1 unspecified atom stereocenters. The fourth-order valence-corrected chi connectivity index (χ4v) is 1.08. The average Bonchev–Trinajstić information content (AvgIpc) is 2.25. The van der Waals surface area contributed by atoms with Gasteiger partial charge in [-0.15, -0.1) is 0 Å². The van der Waals surface area contributed by atoms with Gasteiger partial charge in [0.1, 0.15) is 5.82 Å². The zero-order valence-corrected chi connectivity index (χ0v) is 8.26. The smallest absolute Gasteiger partial charge is 0.274 e. The summed E-state index contributed by atoms with van der Waals surface area (Å²) in [5.41, 5.74) is -0.194. The molecule has 0 radical (unpaired) electrons. The van der Waals surface area contributed by atoms with Crippen LogP contribution in [0, 0.1) is 15.9 Å². The van der Waals surface area contributed by atoms with Crippen molar-refractivity contribution in [2.45, 2.75) is 6.10 Å². The summed E-state index contributed by atoms with van der Waals surface area (Å²) in [6.07, 6.45) is -0.998. The fourth-order valence-electron chi connectivity index (χ4n) is 1.08. The van der Waals surface area contributed by atoms with Gasteiger partial charge in [-0.25, -0.2) is 4.39 Å². The van der Waals surface area contributed by atoms with Gasteiger partial charge in [-0.2, -0.15) is 0 Å². The molecule has 3 N–H and O–H groups in total. The zero-order chi connectivity index (χ0) is 12.1. The first-order chi connectivity index (χ1) is 7.52. The van der Waals surface area contributed by atoms with Crippen molar-refractivity contribution >= 4 is 11.4 Å². The molecule has 88 valence electrons. The second-order valence-corrected chi connectivity index (χ2v) is 3.17. The summed E-state index contributed by atoms with van der Waals surface area (Å²) in [4.78, 5) is 9.71. The summed E-state index contributed by atoms with van der Waals surface area (Å²) in [6, 6.07) is 3.01. The van der Waals surface area contributed by atoms with Crippen LogP contribution in [0.4, 0.5) is 15.8 Å². The standard InChI is InChI=1S/C9H11FN2O4/c10-6-1-7(11-4-9(14)5-13)3-8(2-6)12(15)16/h1-3,9,11,13-14H,4-5H2. The van der Waals surface area contributed by atoms with E-state index in [9.17, 15) is 14.5 Å². The lowest BCUT2D eigenvalue weighted by Gasteiger charge is -2.09. The number of rotatable bonds is 5. The molecule has 0 aromatic heterocycles. The number of nitro benzene ring substituents is 1. The number of nitro groups is 1. The Morgan fingerprint density at radius 1 is 1.50 bits per heavy atom. The molecule has 0 bridgehead atoms. The number of non-ortho nitro benzene ring substituents is 1. The number of anilines is 1. The minimum Gasteiger partial charge on any atom is -0.394 e. The minimum absolute atomic E-state index is 0.0168. The topological polar surface area (TPSA) is 95.6 Å². The van der Waals surface area contributed by atoms with Gasteiger partial charge < -0.3 is 15.5 Å². The van der Waals surface area contributed by atoms with Crippen molar-refractivity contribution < 1.29 is 19.5 Å². The average molecular weight is 230 g/mol. The van der Waals surface area contributed by atoms with Crippen molar-refractivity contribution in [1.82, 2.24) is 0 Å². The summed E-state index contributed by atoms with van der Waals surface area (Å²) < 4.78 is 12.9. The third kappa shape index (κ3) is 3.44. The predicted molar refractivity (Wildman–Crippen MR) is 54.6 cm³/mol. The summed E-state index contributed by atoms with van der Waals surface area (Å²) in [5.74, 6) is -0.741. The Morgan fingerprint density at radius 3 is 2.75 bits per heavy atom. The first kappa shape index (κ1) is 12.3. The molecule has 1 aromatic carbocycles. The summed E-state index contributed by atoms with van der Waals surface area (Å²) in [7, 11) is 0. The van der Waals surface area contributed by atoms with E-state index in [0.29, 0.717) is 0 Å². The molecule has 0 aliphatic carbocycles. The zero-order valence-electron chi connectivity index (χ0n) is 8.26. The van der Waals surface area contributed by atoms with Crippen LogP contribution >= 0.6 is 0 Å². The minimum atomic E-state index is -0.998. The Balaban J connectivity index is 2.76. The van der Waals surface area contributed by atoms with Crippen molar-refractivity contribution in [3.05, 3.63) is 34.1 Å². The molecule has 7 heteroatoms. The normalized spacial score (nSPS) is 12.2. The Morgan fingerprint density at radius 2 is 2.19 bits per heavy atom. The molecule has 0 saturated carbocycles. The maximum Gasteiger partial charge on any atom is 0.274 e. The Kier molecular flexibility index (Phi) is 4.15. The lowest BCUT2D eigenvalue weighted by atomic mass is 10.2. The number of nitrogens with zero attached hydrogens (tertiary/aromatic N) is 1. The number of nitrogens with one attached hydrogen (secondary N) is 1. The van der Waals surface area contributed by atoms with Crippen LogP contribution < -0.4 is 5.32 Å². The maximum absolute atomic E-state index is 12.9. The van der Waals surface area contributed by atoms with Crippen LogP contribution in [0.2, 0.25) is 0 Å². The number of aliphatic hydroxyl groups excluding tert-OH is 2. The van der Waals surface area contributed by atoms with E-state index < -0.39 is 23.5 Å². The molecule has 0 heterocycles. The quantitative estimate of drug-likeness (QED) is 0.505. The van der Waals surface area contributed by atoms with Crippen LogP contribution in [-0.2, 0) is 0 Å². The highest BCUT2D eigenvalue weighted by molar-refractivity contribution is 5.51. The summed E-state index contributed by atoms with van der Waals surface area (Å²) in [5, 5.41) is 30.6. The summed E-state index contributed by atoms with van der Waals surface area (Å²) >= 11 is 0. The number of halogens is 1. The van der Waals surface area contributed by atoms with E-state index in [1.165, 1.54) is 0 Å². The van der Waals surface area contributed by atoms with Gasteiger partial charge in [-0.05, 0) is 6.07 Å². The molecule has 1 rings (SSSR count). The van der Waals surface area contributed by atoms with Gasteiger partial charge in [0.15, 0.2) is 0 Å². The van der Waals surface area contributed by atoms with E-state index in [4.69, 9.17) is 10.2 Å². The van der Waals surface area contributed by atoms with E-state index in [-0.39, 0.29) is 17.9 Å². The van der Waals surface area contributed by atoms with E-state index >= 15 is 0 Å². The van der Waals surface area contributed by atoms with E-state index in [2.05, 4.69) is 5.32 Å². The highest BCUT2D eigenvalue weighted by Crippen LogP contribution is 2.19. The van der Waals surface area contributed by atoms with Crippen LogP contribution in [0.25, 0.3) is 0 Å². The van der Waals surface area contributed by atoms with Crippen LogP contribution in [0.1, 0.15) is 0 Å². The van der Waals surface area contributed by atoms with Gasteiger partial charge >= 0.3 is 0 Å². The molecule has 0 spiro atoms. The first-order valence-corrected chi connectivity index (χ1v) is 4.50. The molecule has 1 aromatic rings. The van der Waals surface area contributed by atoms with Crippen LogP contribution in [0.15, 0.2) is 18.2 Å². The third-order valence-corrected chi connectivity index (χ3v) is 1.85. The molecule has 16 heavy (non-hydrogen) atoms. The number of aliphatic hydroxyl groups is 2. The van der Waals surface area contributed by atoms with E-state index in [0.717, 1.165) is 18.2 Å². The van der Waals surface area contributed by atoms with Gasteiger partial charge in [0.05, 0.1) is 23.7 Å². The highest BCUT2D eigenvalue weighted by atomic mass is 19.1. The van der Waals surface area contributed by atoms with Gasteiger partial charge in [0.2, 0.25) is 0 Å². The third-order valence-electron chi connectivity index (χ3n) is 1.85. The van der Waals surface area contributed by atoms with Crippen molar-refractivity contribution in [1.29, 1.82) is 0 Å². The number of hydrogen-bond acceptors (Lipinski definition) is 5. The largest absolute Gasteiger partial charge is 0.394 e. The van der Waals surface area contributed by atoms with Crippen molar-refractivity contribution in [2.75, 3.05) is 18.5 Å². The number of hydrogen-bond donors (Lipinski definition) is 3. The lowest BCUT2D eigenvalue weighted by molar-refractivity contribution is -0.385. The molecule has 0 saturated heterocycles. The van der Waals surface area contributed by atoms with Crippen molar-refractivity contribution in [3.8, 4) is 0 Å². The molecular weight excluding hydrogens is 219 g/mol. The van der Waals surface area contributed by atoms with Gasteiger partial charge in [-0.1, -0.05) is 0 Å². The van der Waals surface area contributed by atoms with E-state index in [1.807, 2.05) is 0 Å². The van der Waals surface area contributed by atoms with Gasteiger partial charge in [-0.3, -0.25) is 10.1 Å².